The molecule has 3 heterocycles. The maximum absolute atomic E-state index is 12.8. The summed E-state index contributed by atoms with van der Waals surface area (Å²) in [6.45, 7) is 12.0. The second-order valence-electron chi connectivity index (χ2n) is 13.2. The first-order chi connectivity index (χ1) is 27.0. The molecule has 0 saturated heterocycles. The SMILES string of the molecule is [2H]B(P)S.[2H]B(P)S.[3H]OCCC[C@H]1C[C@H](CCC)[C@@H](Oc2nc(C)nc(C)c2[N+](=O)[O-])C1=O.[3H]OCCC[C@H]1C[C@H](CCC)[C@H]2Oc3nc(C)nc(C)c3N=C12. The molecule has 2 saturated carbocycles. The van der Waals surface area contributed by atoms with Crippen LogP contribution >= 0.6 is 43.2 Å². The Morgan fingerprint density at radius 3 is 2.08 bits per heavy atom. The summed E-state index contributed by atoms with van der Waals surface area (Å²) in [6, 6.07) is 0. The molecule has 1 aliphatic heterocycles. The number of thiol groups is 2. The maximum Gasteiger partial charge on any atom is 0.351 e. The van der Waals surface area contributed by atoms with Crippen molar-refractivity contribution in [1.82, 2.24) is 19.9 Å². The normalized spacial score (nSPS) is 23.3. The van der Waals surface area contributed by atoms with Crippen molar-refractivity contribution in [3.63, 3.8) is 0 Å². The molecule has 0 amide bonds. The number of ether oxygens (including phenoxy) is 2. The third kappa shape index (κ3) is 13.7. The van der Waals surface area contributed by atoms with Gasteiger partial charge in [0.15, 0.2) is 11.9 Å². The first kappa shape index (κ1) is 40.8. The number of aliphatic imine (C=N–C) groups is 1. The van der Waals surface area contributed by atoms with Gasteiger partial charge in [0.05, 0.1) is 16.3 Å². The number of aryl methyl sites for hydroxylation is 4. The molecule has 8 atom stereocenters. The standard InChI is InChI=1S/C17H25N3O5.C17H25N3O2.2BH4PS/c1-4-6-13-9-12(7-5-8-21)15(22)16(13)25-17-14(20(23)24)10(2)18-11(3)19-17;1-4-6-13-9-12(7-5-8-21)15-16(13)22-17-14(20-15)10(2)18-11(3)19-17;2*2-1-3/h12-13,16,21H,4-9H2,1-3H3;12-13,16,21H,4-9H2,1-3H3;2*1,3H,2H2/t2*12-,13-,16+;;/m00../s1/i2*21T;2*1D. The fourth-order valence-corrected chi connectivity index (χ4v) is 7.31. The molecule has 5 rings (SSSR count). The summed E-state index contributed by atoms with van der Waals surface area (Å²) in [5, 5.41) is 20.2. The van der Waals surface area contributed by atoms with Gasteiger partial charge in [-0.3, -0.25) is 14.9 Å². The van der Waals surface area contributed by atoms with Crippen LogP contribution in [0.4, 0.5) is 11.4 Å². The Morgan fingerprint density at radius 1 is 0.943 bits per heavy atom. The average Bonchev–Trinajstić information content (AvgIpc) is 3.58. The van der Waals surface area contributed by atoms with Crippen LogP contribution in [0, 0.1) is 61.5 Å². The average molecular weight is 817 g/mol. The van der Waals surface area contributed by atoms with Crippen molar-refractivity contribution in [2.24, 2.45) is 28.7 Å². The van der Waals surface area contributed by atoms with Gasteiger partial charge in [0, 0.05) is 36.9 Å². The smallest absolute Gasteiger partial charge is 0.351 e. The summed E-state index contributed by atoms with van der Waals surface area (Å²) in [6.07, 6.45) is 7.63. The van der Waals surface area contributed by atoms with E-state index in [-0.39, 0.29) is 60.1 Å². The zero-order valence-corrected chi connectivity index (χ0v) is 35.8. The van der Waals surface area contributed by atoms with Gasteiger partial charge in [-0.15, -0.1) is 0 Å². The summed E-state index contributed by atoms with van der Waals surface area (Å²) in [5.41, 5.74) is 2.76. The number of aromatic nitrogens is 4. The highest BCUT2D eigenvalue weighted by atomic mass is 32.1. The van der Waals surface area contributed by atoms with Gasteiger partial charge in [0.1, 0.15) is 29.1 Å². The molecule has 53 heavy (non-hydrogen) atoms. The van der Waals surface area contributed by atoms with Crippen LogP contribution in [0.1, 0.15) is 101 Å². The Bertz CT molecular complexity index is 1620. The number of aliphatic hydroxyl groups is 2. The minimum Gasteiger partial charge on any atom is -0.466 e. The van der Waals surface area contributed by atoms with Gasteiger partial charge in [0.25, 0.3) is 5.88 Å². The number of carbonyl (C=O) groups is 1. The lowest BCUT2D eigenvalue weighted by Gasteiger charge is -2.26. The van der Waals surface area contributed by atoms with Crippen LogP contribution in [0.25, 0.3) is 0 Å². The van der Waals surface area contributed by atoms with E-state index in [1.54, 1.807) is 6.92 Å². The molecule has 2 N–H and O–H groups in total. The molecule has 2 unspecified atom stereocenters. The van der Waals surface area contributed by atoms with E-state index >= 15 is 0 Å². The molecule has 0 radical (unpaired) electrons. The molecule has 0 bridgehead atoms. The molecule has 294 valence electrons. The molecular formula is C34H58B2N6O7P2S2. The predicted octanol–water partition coefficient (Wildman–Crippen LogP) is 5.78. The quantitative estimate of drug-likeness (QED) is 0.0427. The summed E-state index contributed by atoms with van der Waals surface area (Å²) < 4.78 is 38.5. The number of Topliss-reactive ketones (excluding diaryl/α,β-unsaturated/α-hetero) is 1. The van der Waals surface area contributed by atoms with Crippen molar-refractivity contribution in [2.45, 2.75) is 118 Å². The van der Waals surface area contributed by atoms with Crippen molar-refractivity contribution in [3.05, 3.63) is 33.2 Å². The fourth-order valence-electron chi connectivity index (χ4n) is 7.31. The summed E-state index contributed by atoms with van der Waals surface area (Å²) >= 11 is 7.19. The maximum atomic E-state index is 12.8. The first-order valence-electron chi connectivity index (χ1n) is 20.1. The Morgan fingerprint density at radius 2 is 1.49 bits per heavy atom. The minimum absolute atomic E-state index is 0.00426. The minimum atomic E-state index is -0.732. The molecule has 3 aliphatic rings. The number of aliphatic hydroxyl groups excluding tert-OH is 2. The monoisotopic (exact) mass is 816 g/mol. The second kappa shape index (κ2) is 24.6. The van der Waals surface area contributed by atoms with Gasteiger partial charge in [-0.25, -0.2) is 39.9 Å². The summed E-state index contributed by atoms with van der Waals surface area (Å²) in [5.74, 6) is 2.31. The summed E-state index contributed by atoms with van der Waals surface area (Å²) in [4.78, 5) is 45.5. The van der Waals surface area contributed by atoms with E-state index in [0.29, 0.717) is 49.4 Å². The largest absolute Gasteiger partial charge is 0.466 e. The Hall–Kier alpha value is -1.89. The van der Waals surface area contributed by atoms with Crippen LogP contribution in [-0.2, 0) is 4.79 Å². The number of ketones is 1. The lowest BCUT2D eigenvalue weighted by atomic mass is 9.97. The molecule has 13 nitrogen and oxygen atoms in total. The van der Waals surface area contributed by atoms with Crippen molar-refractivity contribution in [2.75, 3.05) is 13.2 Å². The van der Waals surface area contributed by atoms with Crippen molar-refractivity contribution in [3.8, 4) is 11.8 Å². The first-order valence-corrected chi connectivity index (χ1v) is 20.5. The van der Waals surface area contributed by atoms with E-state index in [1.165, 1.54) is 6.92 Å². The van der Waals surface area contributed by atoms with Crippen LogP contribution in [0.2, 0.25) is 0 Å². The topological polar surface area (TPSA) is 183 Å². The number of carbonyl (C=O) groups excluding carboxylic acids is 1. The van der Waals surface area contributed by atoms with Gasteiger partial charge in [-0.1, -0.05) is 26.7 Å². The van der Waals surface area contributed by atoms with E-state index in [4.69, 9.17) is 20.0 Å². The molecular weight excluding hydrogens is 752 g/mol. The highest BCUT2D eigenvalue weighted by Gasteiger charge is 2.45. The second-order valence-corrected chi connectivity index (χ2v) is 15.6. The van der Waals surface area contributed by atoms with E-state index in [2.05, 4.69) is 80.3 Å². The van der Waals surface area contributed by atoms with E-state index in [1.807, 2.05) is 20.8 Å². The van der Waals surface area contributed by atoms with Gasteiger partial charge in [-0.05, 0) is 81.7 Å². The lowest BCUT2D eigenvalue weighted by molar-refractivity contribution is -0.387. The predicted molar refractivity (Wildman–Crippen MR) is 228 cm³/mol. The molecule has 2 fully saturated rings. The number of hydrogen-bond acceptors (Lipinski definition) is 14. The molecule has 19 heteroatoms. The number of hydrogen-bond donors (Lipinski definition) is 4. The van der Waals surface area contributed by atoms with Crippen molar-refractivity contribution < 1.29 is 29.4 Å². The van der Waals surface area contributed by atoms with Crippen LogP contribution < -0.4 is 9.47 Å². The van der Waals surface area contributed by atoms with Crippen LogP contribution in [-0.4, -0.2) is 90.0 Å². The van der Waals surface area contributed by atoms with Crippen LogP contribution in [0.3, 0.4) is 0 Å². The van der Waals surface area contributed by atoms with Crippen LogP contribution in [0.15, 0.2) is 4.99 Å². The van der Waals surface area contributed by atoms with E-state index < -0.39 is 11.0 Å². The highest BCUT2D eigenvalue weighted by Crippen LogP contribution is 2.44. The highest BCUT2D eigenvalue weighted by molar-refractivity contribution is 8.20. The Labute approximate surface area is 337 Å². The van der Waals surface area contributed by atoms with Crippen molar-refractivity contribution in [1.29, 1.82) is 5.53 Å². The van der Waals surface area contributed by atoms with E-state index in [9.17, 15) is 14.9 Å². The van der Waals surface area contributed by atoms with Crippen molar-refractivity contribution >= 4 is 78.5 Å². The number of nitro groups is 1. The lowest BCUT2D eigenvalue weighted by Crippen LogP contribution is -2.33. The zero-order chi connectivity index (χ0) is 42.8. The third-order valence-corrected chi connectivity index (χ3v) is 9.31. The fraction of sp³-hybridized carbons (Fsp3) is 0.706. The molecule has 0 aromatic carbocycles. The number of nitrogens with zero attached hydrogens (tertiary/aromatic N) is 6. The van der Waals surface area contributed by atoms with Gasteiger partial charge in [-0.2, -0.15) is 28.2 Å². The summed E-state index contributed by atoms with van der Waals surface area (Å²) in [7, 11) is 4.38. The van der Waals surface area contributed by atoms with Crippen LogP contribution in [0.5, 0.6) is 11.8 Å². The number of rotatable bonds is 15. The zero-order valence-electron chi connectivity index (χ0n) is 35.7. The van der Waals surface area contributed by atoms with E-state index in [0.717, 1.165) is 67.9 Å². The molecule has 0 spiro atoms. The Kier molecular flexibility index (Phi) is 18.9. The number of fused-ring (bicyclic) bond motifs is 2. The molecule has 2 aliphatic carbocycles. The van der Waals surface area contributed by atoms with Gasteiger partial charge >= 0.3 is 5.69 Å². The molecule has 2 aromatic heterocycles. The van der Waals surface area contributed by atoms with Gasteiger partial charge in [0.2, 0.25) is 21.2 Å². The molecule has 2 aromatic rings. The van der Waals surface area contributed by atoms with Gasteiger partial charge < -0.3 is 19.7 Å². The third-order valence-electron chi connectivity index (χ3n) is 9.31. The Balaban J connectivity index is 0.000000332.